The molecule has 0 aromatic carbocycles. The van der Waals surface area contributed by atoms with Crippen LogP contribution in [0.3, 0.4) is 0 Å². The summed E-state index contributed by atoms with van der Waals surface area (Å²) in [4.78, 5) is 16.1. The molecule has 0 saturated carbocycles. The molecular formula is C13H19N3OS. The fourth-order valence-corrected chi connectivity index (χ4v) is 2.92. The summed E-state index contributed by atoms with van der Waals surface area (Å²) in [7, 11) is 1.63. The van der Waals surface area contributed by atoms with E-state index in [4.69, 9.17) is 0 Å². The van der Waals surface area contributed by atoms with E-state index in [9.17, 15) is 4.79 Å². The van der Waals surface area contributed by atoms with Crippen molar-refractivity contribution >= 4 is 17.9 Å². The minimum Gasteiger partial charge on any atom is -0.354 e. The number of nitrogens with zero attached hydrogens (tertiary/aromatic N) is 2. The van der Waals surface area contributed by atoms with E-state index in [2.05, 4.69) is 20.9 Å². The van der Waals surface area contributed by atoms with Crippen LogP contribution >= 0.6 is 11.9 Å². The Morgan fingerprint density at radius 1 is 1.56 bits per heavy atom. The fourth-order valence-electron chi connectivity index (χ4n) is 2.28. The van der Waals surface area contributed by atoms with Gasteiger partial charge in [0.15, 0.2) is 0 Å². The molecule has 5 heteroatoms. The monoisotopic (exact) mass is 265 g/mol. The number of hydrogen-bond acceptors (Lipinski definition) is 4. The zero-order valence-electron chi connectivity index (χ0n) is 10.8. The van der Waals surface area contributed by atoms with Gasteiger partial charge in [0.05, 0.1) is 0 Å². The van der Waals surface area contributed by atoms with Crippen LogP contribution in [0.4, 0.5) is 0 Å². The van der Waals surface area contributed by atoms with Crippen molar-refractivity contribution in [3.8, 4) is 0 Å². The zero-order valence-corrected chi connectivity index (χ0v) is 11.7. The number of amides is 1. The first kappa shape index (κ1) is 13.4. The zero-order chi connectivity index (χ0) is 13.0. The first-order valence-electron chi connectivity index (χ1n) is 6.22. The molecule has 1 aliphatic rings. The molecule has 98 valence electrons. The van der Waals surface area contributed by atoms with E-state index in [1.807, 2.05) is 12.1 Å². The van der Waals surface area contributed by atoms with Gasteiger partial charge in [-0.05, 0) is 31.2 Å². The SMILES string of the molecule is CNC(=O)c1cccc(C2CCCN(SC)C2)n1. The highest BCUT2D eigenvalue weighted by Gasteiger charge is 2.22. The van der Waals surface area contributed by atoms with Gasteiger partial charge >= 0.3 is 0 Å². The number of piperidine rings is 1. The summed E-state index contributed by atoms with van der Waals surface area (Å²) in [6.45, 7) is 2.16. The van der Waals surface area contributed by atoms with Gasteiger partial charge in [0.25, 0.3) is 5.91 Å². The lowest BCUT2D eigenvalue weighted by molar-refractivity contribution is 0.0957. The standard InChI is InChI=1S/C13H19N3OS/c1-14-13(17)12-7-3-6-11(15-12)10-5-4-8-16(9-10)18-2/h3,6-7,10H,4-5,8-9H2,1-2H3,(H,14,17). The Kier molecular flexibility index (Phi) is 4.60. The Balaban J connectivity index is 2.15. The van der Waals surface area contributed by atoms with E-state index in [0.717, 1.165) is 25.2 Å². The van der Waals surface area contributed by atoms with Crippen LogP contribution in [0.1, 0.15) is 34.9 Å². The predicted molar refractivity (Wildman–Crippen MR) is 74.7 cm³/mol. The van der Waals surface area contributed by atoms with E-state index >= 15 is 0 Å². The minimum atomic E-state index is -0.116. The lowest BCUT2D eigenvalue weighted by Crippen LogP contribution is -2.29. The number of aromatic nitrogens is 1. The maximum Gasteiger partial charge on any atom is 0.269 e. The second-order valence-electron chi connectivity index (χ2n) is 4.44. The number of rotatable bonds is 3. The summed E-state index contributed by atoms with van der Waals surface area (Å²) >= 11 is 1.79. The second-order valence-corrected chi connectivity index (χ2v) is 5.32. The Labute approximate surface area is 112 Å². The normalized spacial score (nSPS) is 20.7. The first-order chi connectivity index (χ1) is 8.74. The Bertz CT molecular complexity index is 424. The summed E-state index contributed by atoms with van der Waals surface area (Å²) in [5.41, 5.74) is 1.55. The molecule has 2 rings (SSSR count). The van der Waals surface area contributed by atoms with E-state index in [1.54, 1.807) is 25.1 Å². The smallest absolute Gasteiger partial charge is 0.269 e. The molecule has 1 N–H and O–H groups in total. The third kappa shape index (κ3) is 3.03. The van der Waals surface area contributed by atoms with Gasteiger partial charge in [0, 0.05) is 31.7 Å². The van der Waals surface area contributed by atoms with Gasteiger partial charge < -0.3 is 5.32 Å². The average molecular weight is 265 g/mol. The molecule has 1 amide bonds. The van der Waals surface area contributed by atoms with Crippen molar-refractivity contribution in [2.45, 2.75) is 18.8 Å². The second kappa shape index (κ2) is 6.20. The fraction of sp³-hybridized carbons (Fsp3) is 0.538. The molecule has 18 heavy (non-hydrogen) atoms. The maximum absolute atomic E-state index is 11.6. The summed E-state index contributed by atoms with van der Waals surface area (Å²) in [6.07, 6.45) is 4.45. The molecule has 0 radical (unpaired) electrons. The molecule has 1 fully saturated rings. The molecule has 1 atom stereocenters. The quantitative estimate of drug-likeness (QED) is 0.848. The molecule has 0 spiro atoms. The largest absolute Gasteiger partial charge is 0.354 e. The maximum atomic E-state index is 11.6. The first-order valence-corrected chi connectivity index (χ1v) is 7.41. The number of carbonyl (C=O) groups is 1. The lowest BCUT2D eigenvalue weighted by Gasteiger charge is -2.30. The van der Waals surface area contributed by atoms with Crippen LogP contribution in [-0.4, -0.2) is 41.6 Å². The van der Waals surface area contributed by atoms with E-state index in [0.29, 0.717) is 11.6 Å². The summed E-state index contributed by atoms with van der Waals surface area (Å²) in [5.74, 6) is 0.324. The Morgan fingerprint density at radius 3 is 3.11 bits per heavy atom. The van der Waals surface area contributed by atoms with Gasteiger partial charge in [-0.1, -0.05) is 18.0 Å². The Hall–Kier alpha value is -1.07. The third-order valence-corrected chi connectivity index (χ3v) is 4.14. The van der Waals surface area contributed by atoms with Crippen molar-refractivity contribution in [1.82, 2.24) is 14.6 Å². The van der Waals surface area contributed by atoms with Gasteiger partial charge in [-0.25, -0.2) is 4.98 Å². The molecule has 0 bridgehead atoms. The molecule has 0 aliphatic carbocycles. The number of pyridine rings is 1. The van der Waals surface area contributed by atoms with E-state index in [-0.39, 0.29) is 5.91 Å². The van der Waals surface area contributed by atoms with Crippen LogP contribution in [0.5, 0.6) is 0 Å². The van der Waals surface area contributed by atoms with Crippen LogP contribution in [0, 0.1) is 0 Å². The summed E-state index contributed by atoms with van der Waals surface area (Å²) in [6, 6.07) is 5.71. The Morgan fingerprint density at radius 2 is 2.39 bits per heavy atom. The highest BCUT2D eigenvalue weighted by molar-refractivity contribution is 7.96. The minimum absolute atomic E-state index is 0.116. The van der Waals surface area contributed by atoms with Crippen molar-refractivity contribution in [3.63, 3.8) is 0 Å². The van der Waals surface area contributed by atoms with Crippen molar-refractivity contribution in [1.29, 1.82) is 0 Å². The number of hydrogen-bond donors (Lipinski definition) is 1. The number of nitrogens with one attached hydrogen (secondary N) is 1. The molecule has 4 nitrogen and oxygen atoms in total. The molecule has 1 unspecified atom stereocenters. The summed E-state index contributed by atoms with van der Waals surface area (Å²) < 4.78 is 2.36. The van der Waals surface area contributed by atoms with Crippen molar-refractivity contribution in [3.05, 3.63) is 29.6 Å². The van der Waals surface area contributed by atoms with Crippen LogP contribution in [-0.2, 0) is 0 Å². The highest BCUT2D eigenvalue weighted by atomic mass is 32.2. The predicted octanol–water partition coefficient (Wildman–Crippen LogP) is 1.90. The van der Waals surface area contributed by atoms with Crippen molar-refractivity contribution in [2.24, 2.45) is 0 Å². The van der Waals surface area contributed by atoms with Crippen molar-refractivity contribution in [2.75, 3.05) is 26.4 Å². The van der Waals surface area contributed by atoms with Crippen LogP contribution in [0.15, 0.2) is 18.2 Å². The third-order valence-electron chi connectivity index (χ3n) is 3.29. The lowest BCUT2D eigenvalue weighted by atomic mass is 9.95. The van der Waals surface area contributed by atoms with Gasteiger partial charge in [0.1, 0.15) is 5.69 Å². The molecule has 1 aliphatic heterocycles. The molecule has 1 aromatic rings. The topological polar surface area (TPSA) is 45.2 Å². The van der Waals surface area contributed by atoms with E-state index in [1.165, 1.54) is 6.42 Å². The van der Waals surface area contributed by atoms with E-state index < -0.39 is 0 Å². The van der Waals surface area contributed by atoms with Gasteiger partial charge in [-0.15, -0.1) is 0 Å². The van der Waals surface area contributed by atoms with Crippen molar-refractivity contribution < 1.29 is 4.79 Å². The average Bonchev–Trinajstić information content (AvgIpc) is 2.46. The molecular weight excluding hydrogens is 246 g/mol. The van der Waals surface area contributed by atoms with Crippen LogP contribution in [0.2, 0.25) is 0 Å². The number of carbonyl (C=O) groups excluding carboxylic acids is 1. The summed E-state index contributed by atoms with van der Waals surface area (Å²) in [5, 5.41) is 2.62. The van der Waals surface area contributed by atoms with Crippen LogP contribution in [0.25, 0.3) is 0 Å². The highest BCUT2D eigenvalue weighted by Crippen LogP contribution is 2.28. The molecule has 2 heterocycles. The van der Waals surface area contributed by atoms with Gasteiger partial charge in [0.2, 0.25) is 0 Å². The van der Waals surface area contributed by atoms with Gasteiger partial charge in [-0.2, -0.15) is 0 Å². The van der Waals surface area contributed by atoms with Crippen LogP contribution < -0.4 is 5.32 Å². The molecule has 1 aromatic heterocycles. The molecule has 1 saturated heterocycles. The van der Waals surface area contributed by atoms with Gasteiger partial charge in [-0.3, -0.25) is 9.10 Å².